The van der Waals surface area contributed by atoms with Crippen molar-refractivity contribution in [3.05, 3.63) is 153 Å². The van der Waals surface area contributed by atoms with Crippen molar-refractivity contribution in [2.24, 2.45) is 0 Å². The first kappa shape index (κ1) is 39.9. The number of halogens is 2. The van der Waals surface area contributed by atoms with Gasteiger partial charge in [-0.15, -0.1) is 6.58 Å². The molecular weight excluding hydrogens is 763 g/mol. The van der Waals surface area contributed by atoms with E-state index < -0.39 is 40.3 Å². The van der Waals surface area contributed by atoms with Gasteiger partial charge in [-0.25, -0.2) is 23.5 Å². The van der Waals surface area contributed by atoms with E-state index in [0.29, 0.717) is 48.9 Å². The number of benzene rings is 3. The zero-order valence-electron chi connectivity index (χ0n) is 32.1. The number of amides is 2. The number of nitrogens with one attached hydrogen (secondary N) is 4. The van der Waals surface area contributed by atoms with Crippen molar-refractivity contribution in [1.29, 1.82) is 0 Å². The summed E-state index contributed by atoms with van der Waals surface area (Å²) in [5.74, 6) is -1.67. The number of anilines is 5. The number of aromatic amines is 1. The summed E-state index contributed by atoms with van der Waals surface area (Å²) >= 11 is 0. The molecule has 1 saturated heterocycles. The lowest BCUT2D eigenvalue weighted by molar-refractivity contribution is 0.0734. The Kier molecular flexibility index (Phi) is 11.3. The van der Waals surface area contributed by atoms with Crippen molar-refractivity contribution in [3.63, 3.8) is 0 Å². The molecule has 2 amide bonds. The second-order valence-corrected chi connectivity index (χ2v) is 14.3. The number of fused-ring (bicyclic) bond motifs is 1. The first-order chi connectivity index (χ1) is 28.3. The van der Waals surface area contributed by atoms with Crippen molar-refractivity contribution >= 4 is 51.7 Å². The SMILES string of the molecule is C=CCNC(=O)c1cnc(Nc2ccc(N3CCN(C(=O)c4cc(Cn5c(=O)[nH]c(=O)c6c(F)cccc65)ccc4F)CC3)cc2)nc1Nc1cccc(C(C)(C)O)n1. The molecule has 17 heteroatoms. The molecule has 7 rings (SSSR count). The Balaban J connectivity index is 1.01. The minimum absolute atomic E-state index is 0.0784. The number of piperazine rings is 1. The van der Waals surface area contributed by atoms with Gasteiger partial charge in [0.15, 0.2) is 0 Å². The predicted octanol–water partition coefficient (Wildman–Crippen LogP) is 4.79. The Bertz CT molecular complexity index is 2690. The summed E-state index contributed by atoms with van der Waals surface area (Å²) in [6.45, 7) is 8.56. The van der Waals surface area contributed by atoms with Gasteiger partial charge in [0.1, 0.15) is 34.4 Å². The van der Waals surface area contributed by atoms with E-state index >= 15 is 4.39 Å². The van der Waals surface area contributed by atoms with Crippen LogP contribution in [0.1, 0.15) is 45.8 Å². The van der Waals surface area contributed by atoms with E-state index in [-0.39, 0.29) is 46.9 Å². The molecule has 0 bridgehead atoms. The quantitative estimate of drug-likeness (QED) is 0.107. The maximum Gasteiger partial charge on any atom is 0.329 e. The van der Waals surface area contributed by atoms with E-state index in [4.69, 9.17) is 0 Å². The Labute approximate surface area is 336 Å². The number of rotatable bonds is 12. The normalized spacial score (nSPS) is 13.0. The second kappa shape index (κ2) is 16.7. The molecule has 6 aromatic rings. The van der Waals surface area contributed by atoms with E-state index in [9.17, 15) is 28.7 Å². The van der Waals surface area contributed by atoms with Crippen LogP contribution in [0.25, 0.3) is 10.9 Å². The van der Waals surface area contributed by atoms with Crippen LogP contribution in [0.4, 0.5) is 37.7 Å². The first-order valence-corrected chi connectivity index (χ1v) is 18.6. The maximum absolute atomic E-state index is 15.1. The summed E-state index contributed by atoms with van der Waals surface area (Å²) in [7, 11) is 0. The molecule has 4 heterocycles. The van der Waals surface area contributed by atoms with Crippen LogP contribution in [0.15, 0.2) is 107 Å². The molecule has 0 unspecified atom stereocenters. The summed E-state index contributed by atoms with van der Waals surface area (Å²) in [5, 5.41) is 19.1. The Hall–Kier alpha value is -7.27. The number of aromatic nitrogens is 5. The molecule has 3 aromatic carbocycles. The van der Waals surface area contributed by atoms with Crippen LogP contribution in [-0.4, -0.2) is 79.0 Å². The number of H-pyrrole nitrogens is 1. The molecule has 302 valence electrons. The zero-order chi connectivity index (χ0) is 41.8. The molecule has 0 atom stereocenters. The van der Waals surface area contributed by atoms with Gasteiger partial charge < -0.3 is 30.9 Å². The van der Waals surface area contributed by atoms with E-state index in [1.807, 2.05) is 24.3 Å². The minimum Gasteiger partial charge on any atom is -0.384 e. The number of carbonyl (C=O) groups excluding carboxylic acids is 2. The third-order valence-electron chi connectivity index (χ3n) is 9.70. The van der Waals surface area contributed by atoms with Crippen molar-refractivity contribution in [2.75, 3.05) is 48.3 Å². The van der Waals surface area contributed by atoms with Gasteiger partial charge >= 0.3 is 5.69 Å². The van der Waals surface area contributed by atoms with Crippen LogP contribution in [-0.2, 0) is 12.1 Å². The van der Waals surface area contributed by atoms with Crippen molar-refractivity contribution in [1.82, 2.24) is 34.7 Å². The third kappa shape index (κ3) is 8.84. The van der Waals surface area contributed by atoms with E-state index in [1.165, 1.54) is 35.0 Å². The van der Waals surface area contributed by atoms with Gasteiger partial charge in [-0.2, -0.15) is 4.98 Å². The highest BCUT2D eigenvalue weighted by Gasteiger charge is 2.25. The number of aliphatic hydroxyl groups is 1. The lowest BCUT2D eigenvalue weighted by atomic mass is 10.1. The van der Waals surface area contributed by atoms with E-state index in [0.717, 1.165) is 17.8 Å². The van der Waals surface area contributed by atoms with Crippen LogP contribution in [0, 0.1) is 11.6 Å². The van der Waals surface area contributed by atoms with Gasteiger partial charge in [0.2, 0.25) is 5.95 Å². The highest BCUT2D eigenvalue weighted by molar-refractivity contribution is 5.99. The topological polar surface area (TPSA) is 190 Å². The highest BCUT2D eigenvalue weighted by atomic mass is 19.1. The number of hydrogen-bond acceptors (Lipinski definition) is 11. The van der Waals surface area contributed by atoms with Crippen molar-refractivity contribution in [2.45, 2.75) is 26.0 Å². The maximum atomic E-state index is 15.1. The Morgan fingerprint density at radius 1 is 0.915 bits per heavy atom. The minimum atomic E-state index is -1.19. The number of hydrogen-bond donors (Lipinski definition) is 5. The van der Waals surface area contributed by atoms with Gasteiger partial charge in [0.05, 0.1) is 28.7 Å². The summed E-state index contributed by atoms with van der Waals surface area (Å²) in [6, 6.07) is 20.5. The van der Waals surface area contributed by atoms with Gasteiger partial charge in [0, 0.05) is 50.3 Å². The van der Waals surface area contributed by atoms with Crippen LogP contribution in [0.3, 0.4) is 0 Å². The molecule has 0 radical (unpaired) electrons. The van der Waals surface area contributed by atoms with Gasteiger partial charge in [-0.05, 0) is 80.1 Å². The average molecular weight is 803 g/mol. The van der Waals surface area contributed by atoms with Gasteiger partial charge in [0.25, 0.3) is 17.4 Å². The summed E-state index contributed by atoms with van der Waals surface area (Å²) in [5.41, 5.74) is -0.317. The zero-order valence-corrected chi connectivity index (χ0v) is 32.1. The molecule has 1 fully saturated rings. The smallest absolute Gasteiger partial charge is 0.329 e. The number of carbonyl (C=O) groups is 2. The molecule has 1 aliphatic rings. The fraction of sp³-hybridized carbons (Fsp3) is 0.214. The Morgan fingerprint density at radius 3 is 2.39 bits per heavy atom. The summed E-state index contributed by atoms with van der Waals surface area (Å²) < 4.78 is 30.7. The standard InChI is InChI=1S/C42H40F2N10O5/c1-4-17-45-37(55)29-23-46-40(50-36(29)49-34-10-6-9-33(48-34)42(2,3)59)47-26-12-14-27(15-13-26)52-18-20-53(21-19-52)39(57)28-22-25(11-16-30(28)43)24-54-32-8-5-7-31(44)35(32)38(56)51-41(54)58/h4-16,22-23,59H,1,17-21,24H2,2-3H3,(H,45,55)(H,51,56,58)(H2,46,47,48,49,50). The Morgan fingerprint density at radius 2 is 1.66 bits per heavy atom. The molecular formula is C42H40F2N10O5. The van der Waals surface area contributed by atoms with Crippen molar-refractivity contribution < 1.29 is 23.5 Å². The average Bonchev–Trinajstić information content (AvgIpc) is 3.22. The van der Waals surface area contributed by atoms with E-state index in [2.05, 4.69) is 47.4 Å². The molecule has 1 aliphatic heterocycles. The highest BCUT2D eigenvalue weighted by Crippen LogP contribution is 2.26. The molecule has 0 spiro atoms. The molecule has 0 saturated carbocycles. The molecule has 15 nitrogen and oxygen atoms in total. The van der Waals surface area contributed by atoms with Crippen LogP contribution in [0.2, 0.25) is 0 Å². The monoisotopic (exact) mass is 802 g/mol. The lowest BCUT2D eigenvalue weighted by Gasteiger charge is -2.36. The van der Waals surface area contributed by atoms with E-state index in [1.54, 1.807) is 43.0 Å². The van der Waals surface area contributed by atoms with Crippen LogP contribution >= 0.6 is 0 Å². The number of pyridine rings is 1. The molecule has 3 aromatic heterocycles. The third-order valence-corrected chi connectivity index (χ3v) is 9.70. The van der Waals surface area contributed by atoms with Crippen LogP contribution in [0.5, 0.6) is 0 Å². The first-order valence-electron chi connectivity index (χ1n) is 18.6. The molecule has 5 N–H and O–H groups in total. The second-order valence-electron chi connectivity index (χ2n) is 14.3. The largest absolute Gasteiger partial charge is 0.384 e. The fourth-order valence-corrected chi connectivity index (χ4v) is 6.63. The van der Waals surface area contributed by atoms with Gasteiger partial charge in [-0.1, -0.05) is 24.3 Å². The number of nitrogens with zero attached hydrogens (tertiary/aromatic N) is 6. The van der Waals surface area contributed by atoms with Gasteiger partial charge in [-0.3, -0.25) is 23.9 Å². The molecule has 0 aliphatic carbocycles. The molecule has 59 heavy (non-hydrogen) atoms. The predicted molar refractivity (Wildman–Crippen MR) is 219 cm³/mol. The lowest BCUT2D eigenvalue weighted by Crippen LogP contribution is -2.49. The summed E-state index contributed by atoms with van der Waals surface area (Å²) in [4.78, 5) is 70.7. The van der Waals surface area contributed by atoms with Crippen molar-refractivity contribution in [3.8, 4) is 0 Å². The fourth-order valence-electron chi connectivity index (χ4n) is 6.63. The van der Waals surface area contributed by atoms with Crippen LogP contribution < -0.4 is 32.1 Å². The summed E-state index contributed by atoms with van der Waals surface area (Å²) in [6.07, 6.45) is 2.95.